The Morgan fingerprint density at radius 3 is 2.64 bits per heavy atom. The molecule has 0 aliphatic carbocycles. The summed E-state index contributed by atoms with van der Waals surface area (Å²) >= 11 is 0. The number of hydrogen-bond donors (Lipinski definition) is 2. The lowest BCUT2D eigenvalue weighted by Crippen LogP contribution is -2.23. The van der Waals surface area contributed by atoms with Gasteiger partial charge in [0, 0.05) is 12.3 Å². The molecule has 1 aromatic carbocycles. The average molecular weight is 332 g/mol. The number of aliphatic hydroxyl groups excluding tert-OH is 1. The van der Waals surface area contributed by atoms with Crippen LogP contribution in [0.2, 0.25) is 0 Å². The highest BCUT2D eigenvalue weighted by Crippen LogP contribution is 2.16. The van der Waals surface area contributed by atoms with Gasteiger partial charge in [0.1, 0.15) is 24.2 Å². The Morgan fingerprint density at radius 2 is 2.05 bits per heavy atom. The maximum absolute atomic E-state index is 12.0. The van der Waals surface area contributed by atoms with Crippen LogP contribution >= 0.6 is 0 Å². The van der Waals surface area contributed by atoms with Crippen molar-refractivity contribution >= 4 is 22.5 Å². The van der Waals surface area contributed by atoms with Gasteiger partial charge in [0.15, 0.2) is 0 Å². The fourth-order valence-corrected chi connectivity index (χ4v) is 2.01. The molecule has 2 N–H and O–H groups in total. The second kappa shape index (κ2) is 10.5. The minimum absolute atomic E-state index is 0.0449. The van der Waals surface area contributed by atoms with Crippen LogP contribution in [0.4, 0.5) is 5.69 Å². The molecule has 0 aliphatic rings. The lowest BCUT2D eigenvalue weighted by Gasteiger charge is -2.12. The topological polar surface area (TPSA) is 67.8 Å². The Kier molecular flexibility index (Phi) is 6.30. The molecular weight excluding hydrogens is 302 g/mol. The highest BCUT2D eigenvalue weighted by Gasteiger charge is 2.09. The summed E-state index contributed by atoms with van der Waals surface area (Å²) in [4.78, 5) is 12.0. The van der Waals surface area contributed by atoms with E-state index in [4.69, 9.17) is 15.0 Å². The smallest absolute Gasteiger partial charge is 0.229 e. The van der Waals surface area contributed by atoms with Crippen LogP contribution in [0.3, 0.4) is 0 Å². The maximum Gasteiger partial charge on any atom is 0.229 e. The van der Waals surface area contributed by atoms with E-state index >= 15 is 0 Å². The molecule has 0 spiro atoms. The lowest BCUT2D eigenvalue weighted by molar-refractivity contribution is -0.115. The first-order valence-electron chi connectivity index (χ1n) is 9.01. The van der Waals surface area contributed by atoms with Crippen LogP contribution in [0.25, 0.3) is 0 Å². The molecule has 1 amide bonds. The molecule has 1 rings (SSSR count). The van der Waals surface area contributed by atoms with Crippen LogP contribution in [-0.4, -0.2) is 55.2 Å². The van der Waals surface area contributed by atoms with Gasteiger partial charge in [0.25, 0.3) is 0 Å². The number of anilines is 1. The fourth-order valence-electron chi connectivity index (χ4n) is 1.42. The van der Waals surface area contributed by atoms with Crippen molar-refractivity contribution in [3.63, 3.8) is 0 Å². The molecule has 22 heavy (non-hydrogen) atoms. The summed E-state index contributed by atoms with van der Waals surface area (Å²) in [6.45, 7) is 2.04. The number of nitrogens with one attached hydrogen (secondary N) is 1. The van der Waals surface area contributed by atoms with E-state index in [9.17, 15) is 9.90 Å². The SMILES string of the molecule is [2H]c1c([2H])c(OCC(O)COCC)c([2H])c([2H])c1NC(=O)CC[S+](C)C. The fraction of sp³-hybridized carbons (Fsp3) is 0.562. The number of ether oxygens (including phenoxy) is 2. The summed E-state index contributed by atoms with van der Waals surface area (Å²) in [5, 5.41) is 12.2. The van der Waals surface area contributed by atoms with E-state index in [2.05, 4.69) is 5.32 Å². The van der Waals surface area contributed by atoms with Crippen LogP contribution in [-0.2, 0) is 20.4 Å². The van der Waals surface area contributed by atoms with Gasteiger partial charge in [-0.25, -0.2) is 0 Å². The molecule has 0 saturated heterocycles. The van der Waals surface area contributed by atoms with Gasteiger partial charge in [-0.2, -0.15) is 0 Å². The van der Waals surface area contributed by atoms with Crippen molar-refractivity contribution in [2.75, 3.05) is 43.4 Å². The van der Waals surface area contributed by atoms with Gasteiger partial charge in [0.05, 0.1) is 31.0 Å². The third kappa shape index (κ3) is 8.26. The largest absolute Gasteiger partial charge is 0.491 e. The van der Waals surface area contributed by atoms with E-state index in [0.717, 1.165) is 0 Å². The molecule has 0 fully saturated rings. The Hall–Kier alpha value is -1.24. The number of rotatable bonds is 10. The van der Waals surface area contributed by atoms with Crippen molar-refractivity contribution in [2.24, 2.45) is 0 Å². The van der Waals surface area contributed by atoms with Gasteiger partial charge in [-0.1, -0.05) is 0 Å². The molecular formula is C16H26NO4S+. The van der Waals surface area contributed by atoms with Crippen LogP contribution in [0, 0.1) is 0 Å². The second-order valence-electron chi connectivity index (χ2n) is 4.82. The third-order valence-corrected chi connectivity index (χ3v) is 3.56. The highest BCUT2D eigenvalue weighted by atomic mass is 32.2. The van der Waals surface area contributed by atoms with E-state index in [1.165, 1.54) is 0 Å². The average Bonchev–Trinajstić information content (AvgIpc) is 2.60. The summed E-state index contributed by atoms with van der Waals surface area (Å²) in [6, 6.07) is -1.59. The van der Waals surface area contributed by atoms with E-state index < -0.39 is 18.2 Å². The summed E-state index contributed by atoms with van der Waals surface area (Å²) in [6.07, 6.45) is 3.31. The van der Waals surface area contributed by atoms with Crippen molar-refractivity contribution < 1.29 is 24.9 Å². The molecule has 0 aliphatic heterocycles. The summed E-state index contributed by atoms with van der Waals surface area (Å²) < 4.78 is 42.3. The van der Waals surface area contributed by atoms with Crippen LogP contribution in [0.1, 0.15) is 18.8 Å². The molecule has 1 atom stereocenters. The van der Waals surface area contributed by atoms with Gasteiger partial charge in [-0.3, -0.25) is 4.79 Å². The molecule has 0 saturated carbocycles. The van der Waals surface area contributed by atoms with Gasteiger partial charge >= 0.3 is 0 Å². The number of benzene rings is 1. The summed E-state index contributed by atoms with van der Waals surface area (Å²) in [7, 11) is 0.0902. The van der Waals surface area contributed by atoms with E-state index in [-0.39, 0.29) is 60.0 Å². The Morgan fingerprint density at radius 1 is 1.36 bits per heavy atom. The monoisotopic (exact) mass is 332 g/mol. The number of hydrogen-bond acceptors (Lipinski definition) is 4. The molecule has 5 nitrogen and oxygen atoms in total. The van der Waals surface area contributed by atoms with E-state index in [1.807, 2.05) is 12.5 Å². The van der Waals surface area contributed by atoms with Gasteiger partial charge in [0.2, 0.25) is 5.91 Å². The Balaban J connectivity index is 2.93. The number of carbonyl (C=O) groups excluding carboxylic acids is 1. The van der Waals surface area contributed by atoms with Crippen molar-refractivity contribution in [2.45, 2.75) is 19.4 Å². The standard InChI is InChI=1S/C16H25NO4S/c1-4-20-11-14(18)12-21-15-7-5-13(6-8-15)17-16(19)9-10-22(2)3/h5-8,14,18H,4,9-12H2,1-3H3/p+1/i5D,6D,7D,8D. The normalized spacial score (nSPS) is 14.8. The summed E-state index contributed by atoms with van der Waals surface area (Å²) in [5.41, 5.74) is -0.167. The van der Waals surface area contributed by atoms with E-state index in [1.54, 1.807) is 6.92 Å². The molecule has 1 aromatic rings. The molecule has 124 valence electrons. The van der Waals surface area contributed by atoms with Gasteiger partial charge in [-0.15, -0.1) is 0 Å². The first-order valence-corrected chi connectivity index (χ1v) is 9.23. The number of carbonyl (C=O) groups is 1. The van der Waals surface area contributed by atoms with Crippen molar-refractivity contribution in [1.82, 2.24) is 0 Å². The zero-order valence-electron chi connectivity index (χ0n) is 17.2. The van der Waals surface area contributed by atoms with Crippen molar-refractivity contribution in [1.29, 1.82) is 0 Å². The minimum Gasteiger partial charge on any atom is -0.491 e. The predicted molar refractivity (Wildman–Crippen MR) is 91.8 cm³/mol. The summed E-state index contributed by atoms with van der Waals surface area (Å²) in [5.74, 6) is 0.0670. The molecule has 0 radical (unpaired) electrons. The molecule has 0 aromatic heterocycles. The third-order valence-electron chi connectivity index (χ3n) is 2.54. The van der Waals surface area contributed by atoms with Crippen molar-refractivity contribution in [3.05, 3.63) is 24.2 Å². The lowest BCUT2D eigenvalue weighted by atomic mass is 10.3. The highest BCUT2D eigenvalue weighted by molar-refractivity contribution is 7.95. The molecule has 1 unspecified atom stereocenters. The second-order valence-corrected chi connectivity index (χ2v) is 7.20. The molecule has 0 heterocycles. The van der Waals surface area contributed by atoms with Crippen LogP contribution in [0.15, 0.2) is 24.2 Å². The van der Waals surface area contributed by atoms with Gasteiger partial charge in [-0.05, 0) is 42.0 Å². The van der Waals surface area contributed by atoms with E-state index in [0.29, 0.717) is 12.4 Å². The zero-order valence-corrected chi connectivity index (χ0v) is 14.0. The first-order chi connectivity index (χ1) is 12.2. The van der Waals surface area contributed by atoms with Gasteiger partial charge < -0.3 is 19.9 Å². The molecule has 6 heteroatoms. The predicted octanol–water partition coefficient (Wildman–Crippen LogP) is 1.67. The zero-order chi connectivity index (χ0) is 19.9. The minimum atomic E-state index is -0.951. The van der Waals surface area contributed by atoms with Crippen LogP contribution in [0.5, 0.6) is 5.75 Å². The maximum atomic E-state index is 12.0. The Bertz CT molecular complexity index is 602. The number of aliphatic hydroxyl groups is 1. The number of amides is 1. The Labute approximate surface area is 141 Å². The molecule has 0 bridgehead atoms. The van der Waals surface area contributed by atoms with Crippen LogP contribution < -0.4 is 10.1 Å². The first kappa shape index (κ1) is 13.2. The quantitative estimate of drug-likeness (QED) is 0.640. The van der Waals surface area contributed by atoms with Crippen molar-refractivity contribution in [3.8, 4) is 5.75 Å².